The number of nitrogens with one attached hydrogen (secondary N) is 1. The Labute approximate surface area is 172 Å². The van der Waals surface area contributed by atoms with Crippen LogP contribution in [0.2, 0.25) is 5.02 Å². The molecule has 3 heterocycles. The third kappa shape index (κ3) is 4.43. The van der Waals surface area contributed by atoms with Crippen molar-refractivity contribution in [2.24, 2.45) is 5.92 Å². The van der Waals surface area contributed by atoms with Gasteiger partial charge in [0, 0.05) is 17.3 Å². The normalized spacial score (nSPS) is 17.6. The number of carbonyl (C=O) groups is 1. The smallest absolute Gasteiger partial charge is 0.241 e. The molecule has 3 aromatic rings. The van der Waals surface area contributed by atoms with Gasteiger partial charge in [-0.25, -0.2) is 0 Å². The summed E-state index contributed by atoms with van der Waals surface area (Å²) in [5.74, 6) is 1.14. The molecule has 1 unspecified atom stereocenters. The molecule has 146 valence electrons. The topological polar surface area (TPSA) is 71.3 Å². The summed E-state index contributed by atoms with van der Waals surface area (Å²) in [6.45, 7) is 4.08. The highest BCUT2D eigenvalue weighted by Gasteiger charge is 2.27. The van der Waals surface area contributed by atoms with Crippen LogP contribution in [0.4, 0.5) is 5.69 Å². The van der Waals surface area contributed by atoms with E-state index in [2.05, 4.69) is 20.4 Å². The number of likely N-dealkylation sites (tertiary alicyclic amines) is 1. The summed E-state index contributed by atoms with van der Waals surface area (Å²) >= 11 is 7.73. The van der Waals surface area contributed by atoms with Gasteiger partial charge in [-0.3, -0.25) is 9.69 Å². The first kappa shape index (κ1) is 19.1. The average Bonchev–Trinajstić information content (AvgIpc) is 3.37. The van der Waals surface area contributed by atoms with Crippen molar-refractivity contribution in [2.75, 3.05) is 18.4 Å². The molecule has 6 nitrogen and oxygen atoms in total. The number of amides is 1. The van der Waals surface area contributed by atoms with Crippen molar-refractivity contribution in [3.63, 3.8) is 0 Å². The van der Waals surface area contributed by atoms with Crippen molar-refractivity contribution < 1.29 is 9.32 Å². The molecule has 1 aliphatic heterocycles. The largest absolute Gasteiger partial charge is 0.338 e. The molecule has 0 radical (unpaired) electrons. The van der Waals surface area contributed by atoms with Crippen LogP contribution < -0.4 is 5.32 Å². The minimum Gasteiger partial charge on any atom is -0.338 e. The van der Waals surface area contributed by atoms with Crippen LogP contribution in [0.3, 0.4) is 0 Å². The summed E-state index contributed by atoms with van der Waals surface area (Å²) < 4.78 is 5.40. The van der Waals surface area contributed by atoms with Crippen LogP contribution in [0, 0.1) is 12.8 Å². The monoisotopic (exact) mass is 416 g/mol. The quantitative estimate of drug-likeness (QED) is 0.657. The van der Waals surface area contributed by atoms with Gasteiger partial charge in [0.2, 0.25) is 17.6 Å². The molecule has 1 fully saturated rings. The molecular weight excluding hydrogens is 396 g/mol. The first-order chi connectivity index (χ1) is 13.6. The summed E-state index contributed by atoms with van der Waals surface area (Å²) in [5.41, 5.74) is 1.72. The molecule has 4 rings (SSSR count). The fraction of sp³-hybridized carbons (Fsp3) is 0.350. The standard InChI is InChI=1S/C20H21ClN4O2S/c1-13-6-7-15(10-16(13)21)22-20(26)14-4-2-8-25(11-14)12-18-23-19(24-27-18)17-5-3-9-28-17/h3,5-7,9-10,14H,2,4,8,11-12H2,1H3,(H,22,26). The van der Waals surface area contributed by atoms with Crippen LogP contribution >= 0.6 is 22.9 Å². The van der Waals surface area contributed by atoms with Crippen LogP contribution in [-0.4, -0.2) is 34.0 Å². The van der Waals surface area contributed by atoms with Crippen LogP contribution in [-0.2, 0) is 11.3 Å². The van der Waals surface area contributed by atoms with Crippen LogP contribution in [0.25, 0.3) is 10.7 Å². The molecule has 8 heteroatoms. The van der Waals surface area contributed by atoms with Gasteiger partial charge >= 0.3 is 0 Å². The maximum Gasteiger partial charge on any atom is 0.241 e. The van der Waals surface area contributed by atoms with E-state index in [-0.39, 0.29) is 11.8 Å². The first-order valence-electron chi connectivity index (χ1n) is 9.24. The minimum absolute atomic E-state index is 0.0226. The molecule has 0 aliphatic carbocycles. The van der Waals surface area contributed by atoms with Crippen molar-refractivity contribution in [1.29, 1.82) is 0 Å². The van der Waals surface area contributed by atoms with E-state index in [0.717, 1.165) is 35.5 Å². The van der Waals surface area contributed by atoms with Crippen LogP contribution in [0.1, 0.15) is 24.3 Å². The molecule has 1 aromatic carbocycles. The number of nitrogens with zero attached hydrogens (tertiary/aromatic N) is 3. The van der Waals surface area contributed by atoms with Crippen LogP contribution in [0.15, 0.2) is 40.2 Å². The Morgan fingerprint density at radius 2 is 2.32 bits per heavy atom. The molecule has 1 amide bonds. The van der Waals surface area contributed by atoms with Crippen LogP contribution in [0.5, 0.6) is 0 Å². The Kier molecular flexibility index (Phi) is 5.75. The zero-order valence-electron chi connectivity index (χ0n) is 15.5. The molecule has 0 saturated carbocycles. The third-order valence-corrected chi connectivity index (χ3v) is 6.16. The van der Waals surface area contributed by atoms with E-state index in [4.69, 9.17) is 16.1 Å². The molecule has 1 N–H and O–H groups in total. The predicted octanol–water partition coefficient (Wildman–Crippen LogP) is 4.61. The molecule has 1 aliphatic rings. The number of halogens is 1. The second kappa shape index (κ2) is 8.43. The zero-order valence-corrected chi connectivity index (χ0v) is 17.1. The number of benzene rings is 1. The van der Waals surface area contributed by atoms with Gasteiger partial charge in [-0.05, 0) is 55.5 Å². The zero-order chi connectivity index (χ0) is 19.5. The van der Waals surface area contributed by atoms with Crippen molar-refractivity contribution in [3.8, 4) is 10.7 Å². The molecule has 2 aromatic heterocycles. The lowest BCUT2D eigenvalue weighted by Gasteiger charge is -2.30. The van der Waals surface area contributed by atoms with Crippen molar-refractivity contribution in [2.45, 2.75) is 26.3 Å². The number of aromatic nitrogens is 2. The molecule has 0 spiro atoms. The predicted molar refractivity (Wildman–Crippen MR) is 110 cm³/mol. The Balaban J connectivity index is 1.36. The second-order valence-corrected chi connectivity index (χ2v) is 8.37. The second-order valence-electron chi connectivity index (χ2n) is 7.02. The number of aryl methyl sites for hydroxylation is 1. The SMILES string of the molecule is Cc1ccc(NC(=O)C2CCCN(Cc3nc(-c4cccs4)no3)C2)cc1Cl. The molecule has 1 saturated heterocycles. The summed E-state index contributed by atoms with van der Waals surface area (Å²) in [7, 11) is 0. The number of thiophene rings is 1. The van der Waals surface area contributed by atoms with E-state index in [0.29, 0.717) is 29.8 Å². The fourth-order valence-electron chi connectivity index (χ4n) is 3.34. The first-order valence-corrected chi connectivity index (χ1v) is 10.5. The van der Waals surface area contributed by atoms with Gasteiger partial charge in [-0.2, -0.15) is 4.98 Å². The summed E-state index contributed by atoms with van der Waals surface area (Å²) in [6, 6.07) is 9.51. The Bertz CT molecular complexity index is 957. The maximum atomic E-state index is 12.7. The number of hydrogen-bond acceptors (Lipinski definition) is 6. The summed E-state index contributed by atoms with van der Waals surface area (Å²) in [4.78, 5) is 20.4. The van der Waals surface area contributed by atoms with Gasteiger partial charge in [0.05, 0.1) is 17.3 Å². The number of carbonyl (C=O) groups excluding carboxylic acids is 1. The van der Waals surface area contributed by atoms with Gasteiger partial charge in [0.25, 0.3) is 0 Å². The van der Waals surface area contributed by atoms with Gasteiger partial charge in [-0.1, -0.05) is 28.9 Å². The van der Waals surface area contributed by atoms with Gasteiger partial charge < -0.3 is 9.84 Å². The summed E-state index contributed by atoms with van der Waals surface area (Å²) in [5, 5.41) is 9.68. The van der Waals surface area contributed by atoms with Gasteiger partial charge in [-0.15, -0.1) is 11.3 Å². The molecule has 1 atom stereocenters. The Morgan fingerprint density at radius 1 is 1.43 bits per heavy atom. The third-order valence-electron chi connectivity index (χ3n) is 4.88. The van der Waals surface area contributed by atoms with E-state index < -0.39 is 0 Å². The van der Waals surface area contributed by atoms with Crippen molar-refractivity contribution >= 4 is 34.5 Å². The van der Waals surface area contributed by atoms with Crippen molar-refractivity contribution in [1.82, 2.24) is 15.0 Å². The van der Waals surface area contributed by atoms with Crippen molar-refractivity contribution in [3.05, 3.63) is 52.2 Å². The number of rotatable bonds is 5. The molecular formula is C20H21ClN4O2S. The van der Waals surface area contributed by atoms with Gasteiger partial charge in [0.1, 0.15) is 0 Å². The maximum absolute atomic E-state index is 12.7. The lowest BCUT2D eigenvalue weighted by Crippen LogP contribution is -2.40. The highest BCUT2D eigenvalue weighted by Crippen LogP contribution is 2.25. The highest BCUT2D eigenvalue weighted by atomic mass is 35.5. The Morgan fingerprint density at radius 3 is 3.11 bits per heavy atom. The number of anilines is 1. The highest BCUT2D eigenvalue weighted by molar-refractivity contribution is 7.13. The fourth-order valence-corrected chi connectivity index (χ4v) is 4.17. The lowest BCUT2D eigenvalue weighted by molar-refractivity contribution is -0.121. The number of piperidine rings is 1. The Hall–Kier alpha value is -2.22. The van der Waals surface area contributed by atoms with E-state index in [1.807, 2.05) is 36.6 Å². The number of hydrogen-bond donors (Lipinski definition) is 1. The van der Waals surface area contributed by atoms with E-state index >= 15 is 0 Å². The summed E-state index contributed by atoms with van der Waals surface area (Å²) in [6.07, 6.45) is 1.82. The average molecular weight is 417 g/mol. The molecule has 0 bridgehead atoms. The van der Waals surface area contributed by atoms with E-state index in [9.17, 15) is 4.79 Å². The van der Waals surface area contributed by atoms with E-state index in [1.54, 1.807) is 17.4 Å². The lowest BCUT2D eigenvalue weighted by atomic mass is 9.97. The van der Waals surface area contributed by atoms with E-state index in [1.165, 1.54) is 0 Å². The minimum atomic E-state index is -0.0754. The molecule has 28 heavy (non-hydrogen) atoms. The van der Waals surface area contributed by atoms with Gasteiger partial charge in [0.15, 0.2) is 0 Å².